The lowest BCUT2D eigenvalue weighted by molar-refractivity contribution is -0.167. The molecule has 1 unspecified atom stereocenters. The molecule has 0 spiro atoms. The molecule has 2 rings (SSSR count). The van der Waals surface area contributed by atoms with Gasteiger partial charge in [0.25, 0.3) is 0 Å². The molecule has 1 aromatic rings. The summed E-state index contributed by atoms with van der Waals surface area (Å²) >= 11 is 0. The summed E-state index contributed by atoms with van der Waals surface area (Å²) in [5.74, 6) is 0.0926. The van der Waals surface area contributed by atoms with Gasteiger partial charge in [0.2, 0.25) is 0 Å². The van der Waals surface area contributed by atoms with Crippen molar-refractivity contribution in [2.45, 2.75) is 39.0 Å². The van der Waals surface area contributed by atoms with Gasteiger partial charge in [0, 0.05) is 6.42 Å². The summed E-state index contributed by atoms with van der Waals surface area (Å²) < 4.78 is 10.1. The number of carbonyl (C=O) groups is 2. The van der Waals surface area contributed by atoms with Crippen LogP contribution in [-0.4, -0.2) is 19.0 Å². The Morgan fingerprint density at radius 2 is 2.10 bits per heavy atom. The van der Waals surface area contributed by atoms with Gasteiger partial charge in [-0.15, -0.1) is 0 Å². The molecule has 0 radical (unpaired) electrons. The highest BCUT2D eigenvalue weighted by molar-refractivity contribution is 5.89. The van der Waals surface area contributed by atoms with Gasteiger partial charge < -0.3 is 9.47 Å². The monoisotopic (exact) mass is 276 g/mol. The predicted octanol–water partition coefficient (Wildman–Crippen LogP) is 2.84. The van der Waals surface area contributed by atoms with Gasteiger partial charge in [-0.2, -0.15) is 0 Å². The standard InChI is InChI=1S/C16H20O4/c1-10(2)11-4-6-14(19-3)13(8-11)9-12-5-7-15(17)20-16(12)18/h4,6,8,10,12H,5,7,9H2,1-3H3. The first kappa shape index (κ1) is 14.6. The Balaban J connectivity index is 2.21. The number of hydrogen-bond donors (Lipinski definition) is 0. The van der Waals surface area contributed by atoms with Gasteiger partial charge in [-0.1, -0.05) is 26.0 Å². The highest BCUT2D eigenvalue weighted by Crippen LogP contribution is 2.29. The molecule has 20 heavy (non-hydrogen) atoms. The van der Waals surface area contributed by atoms with Crippen molar-refractivity contribution >= 4 is 11.9 Å². The number of cyclic esters (lactones) is 2. The minimum absolute atomic E-state index is 0.260. The number of benzene rings is 1. The summed E-state index contributed by atoms with van der Waals surface area (Å²) in [7, 11) is 1.62. The van der Waals surface area contributed by atoms with Gasteiger partial charge in [0.1, 0.15) is 5.75 Å². The molecule has 1 saturated heterocycles. The largest absolute Gasteiger partial charge is 0.496 e. The van der Waals surface area contributed by atoms with E-state index in [9.17, 15) is 9.59 Å². The fraction of sp³-hybridized carbons (Fsp3) is 0.500. The third-order valence-electron chi connectivity index (χ3n) is 3.68. The van der Waals surface area contributed by atoms with E-state index in [0.717, 1.165) is 11.3 Å². The van der Waals surface area contributed by atoms with E-state index >= 15 is 0 Å². The average molecular weight is 276 g/mol. The molecule has 1 atom stereocenters. The number of esters is 2. The maximum atomic E-state index is 11.7. The van der Waals surface area contributed by atoms with E-state index in [1.807, 2.05) is 12.1 Å². The first-order valence-electron chi connectivity index (χ1n) is 6.92. The summed E-state index contributed by atoms with van der Waals surface area (Å²) in [6.07, 6.45) is 1.41. The van der Waals surface area contributed by atoms with Gasteiger partial charge in [-0.05, 0) is 36.0 Å². The zero-order chi connectivity index (χ0) is 14.7. The third-order valence-corrected chi connectivity index (χ3v) is 3.68. The Hall–Kier alpha value is -1.84. The molecule has 0 aliphatic carbocycles. The van der Waals surface area contributed by atoms with Crippen molar-refractivity contribution in [3.63, 3.8) is 0 Å². The Bertz CT molecular complexity index is 519. The second-order valence-electron chi connectivity index (χ2n) is 5.46. The quantitative estimate of drug-likeness (QED) is 0.627. The summed E-state index contributed by atoms with van der Waals surface area (Å²) in [6.45, 7) is 4.25. The zero-order valence-corrected chi connectivity index (χ0v) is 12.1. The lowest BCUT2D eigenvalue weighted by Crippen LogP contribution is -2.29. The van der Waals surface area contributed by atoms with Crippen LogP contribution in [0.2, 0.25) is 0 Å². The maximum Gasteiger partial charge on any atom is 0.316 e. The molecule has 4 heteroatoms. The van der Waals surface area contributed by atoms with Crippen LogP contribution in [0.15, 0.2) is 18.2 Å². The van der Waals surface area contributed by atoms with Crippen LogP contribution in [0.3, 0.4) is 0 Å². The van der Waals surface area contributed by atoms with Crippen LogP contribution < -0.4 is 4.74 Å². The predicted molar refractivity (Wildman–Crippen MR) is 74.6 cm³/mol. The molecular weight excluding hydrogens is 256 g/mol. The highest BCUT2D eigenvalue weighted by Gasteiger charge is 2.29. The number of ether oxygens (including phenoxy) is 2. The molecule has 0 aromatic heterocycles. The van der Waals surface area contributed by atoms with E-state index in [2.05, 4.69) is 19.9 Å². The second-order valence-corrected chi connectivity index (χ2v) is 5.46. The van der Waals surface area contributed by atoms with Crippen molar-refractivity contribution in [3.05, 3.63) is 29.3 Å². The van der Waals surface area contributed by atoms with Crippen LogP contribution >= 0.6 is 0 Å². The van der Waals surface area contributed by atoms with Crippen molar-refractivity contribution < 1.29 is 19.1 Å². The van der Waals surface area contributed by atoms with Gasteiger partial charge in [0.15, 0.2) is 0 Å². The molecule has 0 bridgehead atoms. The van der Waals surface area contributed by atoms with E-state index in [-0.39, 0.29) is 5.92 Å². The van der Waals surface area contributed by atoms with Gasteiger partial charge in [-0.3, -0.25) is 9.59 Å². The third kappa shape index (κ3) is 3.18. The number of methoxy groups -OCH3 is 1. The van der Waals surface area contributed by atoms with Crippen LogP contribution in [0.4, 0.5) is 0 Å². The zero-order valence-electron chi connectivity index (χ0n) is 12.1. The highest BCUT2D eigenvalue weighted by atomic mass is 16.6. The molecular formula is C16H20O4. The molecule has 1 fully saturated rings. The van der Waals surface area contributed by atoms with Gasteiger partial charge in [0.05, 0.1) is 13.0 Å². The molecule has 108 valence electrons. The second kappa shape index (κ2) is 6.07. The maximum absolute atomic E-state index is 11.7. The van der Waals surface area contributed by atoms with Crippen molar-refractivity contribution in [3.8, 4) is 5.75 Å². The first-order valence-corrected chi connectivity index (χ1v) is 6.92. The summed E-state index contributed by atoms with van der Waals surface area (Å²) in [5, 5.41) is 0. The molecule has 1 aliphatic heterocycles. The fourth-order valence-corrected chi connectivity index (χ4v) is 2.42. The lowest BCUT2D eigenvalue weighted by atomic mass is 9.90. The van der Waals surface area contributed by atoms with Gasteiger partial charge >= 0.3 is 11.9 Å². The van der Waals surface area contributed by atoms with Crippen LogP contribution in [0.5, 0.6) is 5.75 Å². The van der Waals surface area contributed by atoms with Crippen molar-refractivity contribution in [1.82, 2.24) is 0 Å². The number of carbonyl (C=O) groups excluding carboxylic acids is 2. The Kier molecular flexibility index (Phi) is 4.42. The van der Waals surface area contributed by atoms with E-state index in [0.29, 0.717) is 25.2 Å². The van der Waals surface area contributed by atoms with Crippen LogP contribution in [0.25, 0.3) is 0 Å². The Morgan fingerprint density at radius 3 is 2.70 bits per heavy atom. The van der Waals surface area contributed by atoms with Crippen molar-refractivity contribution in [2.75, 3.05) is 7.11 Å². The molecule has 4 nitrogen and oxygen atoms in total. The summed E-state index contributed by atoms with van der Waals surface area (Å²) in [4.78, 5) is 22.8. The van der Waals surface area contributed by atoms with Crippen LogP contribution in [0.1, 0.15) is 43.7 Å². The SMILES string of the molecule is COc1ccc(C(C)C)cc1CC1CCC(=O)OC1=O. The fourth-order valence-electron chi connectivity index (χ4n) is 2.42. The van der Waals surface area contributed by atoms with E-state index < -0.39 is 11.9 Å². The number of rotatable bonds is 4. The minimum atomic E-state index is -0.422. The Morgan fingerprint density at radius 1 is 1.35 bits per heavy atom. The van der Waals surface area contributed by atoms with Crippen molar-refractivity contribution in [2.24, 2.45) is 5.92 Å². The topological polar surface area (TPSA) is 52.6 Å². The molecule has 1 heterocycles. The molecule has 0 N–H and O–H groups in total. The number of hydrogen-bond acceptors (Lipinski definition) is 4. The van der Waals surface area contributed by atoms with Crippen LogP contribution in [0, 0.1) is 5.92 Å². The molecule has 1 aromatic carbocycles. The smallest absolute Gasteiger partial charge is 0.316 e. The van der Waals surface area contributed by atoms with Crippen molar-refractivity contribution in [1.29, 1.82) is 0 Å². The minimum Gasteiger partial charge on any atom is -0.496 e. The van der Waals surface area contributed by atoms with E-state index in [1.165, 1.54) is 5.56 Å². The van der Waals surface area contributed by atoms with Crippen LogP contribution in [-0.2, 0) is 20.7 Å². The normalized spacial score (nSPS) is 19.1. The summed E-state index contributed by atoms with van der Waals surface area (Å²) in [6, 6.07) is 6.05. The van der Waals surface area contributed by atoms with Gasteiger partial charge in [-0.25, -0.2) is 0 Å². The molecule has 0 saturated carbocycles. The van der Waals surface area contributed by atoms with E-state index in [1.54, 1.807) is 7.11 Å². The summed E-state index contributed by atoms with van der Waals surface area (Å²) in [5.41, 5.74) is 2.20. The van der Waals surface area contributed by atoms with E-state index in [4.69, 9.17) is 9.47 Å². The Labute approximate surface area is 119 Å². The molecule has 1 aliphatic rings. The first-order chi connectivity index (χ1) is 9.51. The molecule has 0 amide bonds. The average Bonchev–Trinajstić information content (AvgIpc) is 2.41. The lowest BCUT2D eigenvalue weighted by Gasteiger charge is -2.21.